The van der Waals surface area contributed by atoms with E-state index in [1.54, 1.807) is 35.0 Å². The van der Waals surface area contributed by atoms with Gasteiger partial charge in [0.2, 0.25) is 5.71 Å². The summed E-state index contributed by atoms with van der Waals surface area (Å²) in [4.78, 5) is 24.8. The Morgan fingerprint density at radius 1 is 1.11 bits per heavy atom. The number of nitrogens with one attached hydrogen (secondary N) is 1. The van der Waals surface area contributed by atoms with E-state index in [1.807, 2.05) is 37.3 Å². The van der Waals surface area contributed by atoms with Gasteiger partial charge in [0, 0.05) is 10.6 Å². The molecule has 2 aromatic heterocycles. The molecule has 0 bridgehead atoms. The Labute approximate surface area is 159 Å². The first-order chi connectivity index (χ1) is 13.0. The Morgan fingerprint density at radius 2 is 1.81 bits per heavy atom. The summed E-state index contributed by atoms with van der Waals surface area (Å²) in [6.45, 7) is 1.81. The van der Waals surface area contributed by atoms with Gasteiger partial charge in [-0.15, -0.1) is 0 Å². The summed E-state index contributed by atoms with van der Waals surface area (Å²) in [5.74, 6) is -0.425. The number of amides is 1. The third-order valence-corrected chi connectivity index (χ3v) is 4.37. The predicted molar refractivity (Wildman–Crippen MR) is 104 cm³/mol. The maximum atomic E-state index is 12.4. The monoisotopic (exact) mass is 379 g/mol. The van der Waals surface area contributed by atoms with Gasteiger partial charge in [-0.3, -0.25) is 4.79 Å². The number of aryl methyl sites for hydroxylation is 1. The molecule has 6 nitrogen and oxygen atoms in total. The minimum absolute atomic E-state index is 0.0539. The molecule has 0 aliphatic rings. The van der Waals surface area contributed by atoms with E-state index in [9.17, 15) is 9.59 Å². The molecule has 0 radical (unpaired) electrons. The van der Waals surface area contributed by atoms with E-state index in [4.69, 9.17) is 16.0 Å². The number of nitrogens with zero attached hydrogens (tertiary/aromatic N) is 2. The maximum Gasteiger partial charge on any atom is 0.361 e. The van der Waals surface area contributed by atoms with Gasteiger partial charge in [-0.05, 0) is 49.4 Å². The van der Waals surface area contributed by atoms with Crippen LogP contribution < -0.4 is 10.9 Å². The molecular weight excluding hydrogens is 366 g/mol. The second-order valence-corrected chi connectivity index (χ2v) is 6.40. The number of para-hydroxylation sites is 1. The van der Waals surface area contributed by atoms with E-state index >= 15 is 0 Å². The third kappa shape index (κ3) is 3.22. The second-order valence-electron chi connectivity index (χ2n) is 5.96. The van der Waals surface area contributed by atoms with Gasteiger partial charge in [0.15, 0.2) is 0 Å². The summed E-state index contributed by atoms with van der Waals surface area (Å²) in [6.07, 6.45) is 0. The highest BCUT2D eigenvalue weighted by Crippen LogP contribution is 2.23. The smallest absolute Gasteiger partial charge is 0.361 e. The van der Waals surface area contributed by atoms with Crippen molar-refractivity contribution >= 4 is 34.3 Å². The summed E-state index contributed by atoms with van der Waals surface area (Å²) in [5, 5.41) is 8.20. The molecule has 0 fully saturated rings. The van der Waals surface area contributed by atoms with Crippen molar-refractivity contribution in [2.24, 2.45) is 0 Å². The highest BCUT2D eigenvalue weighted by molar-refractivity contribution is 6.30. The molecular formula is C20H14ClN3O3. The van der Waals surface area contributed by atoms with Gasteiger partial charge in [0.1, 0.15) is 5.69 Å². The average molecular weight is 380 g/mol. The van der Waals surface area contributed by atoms with Crippen molar-refractivity contribution in [3.8, 4) is 5.69 Å². The van der Waals surface area contributed by atoms with Gasteiger partial charge >= 0.3 is 5.63 Å². The standard InChI is InChI=1S/C20H14ClN3O3/c1-12-16-11-17(22-18(25)13-7-9-14(21)10-8-13)20(26)27-19(16)24(23-12)15-5-3-2-4-6-15/h2-11H,1H3,(H,22,25). The molecule has 0 spiro atoms. The third-order valence-electron chi connectivity index (χ3n) is 4.12. The summed E-state index contributed by atoms with van der Waals surface area (Å²) in [6, 6.07) is 17.3. The molecule has 0 saturated heterocycles. The van der Waals surface area contributed by atoms with E-state index in [1.165, 1.54) is 0 Å². The maximum absolute atomic E-state index is 12.4. The van der Waals surface area contributed by atoms with Crippen LogP contribution in [0.5, 0.6) is 0 Å². The van der Waals surface area contributed by atoms with Crippen molar-refractivity contribution in [1.82, 2.24) is 9.78 Å². The highest BCUT2D eigenvalue weighted by Gasteiger charge is 2.16. The SMILES string of the molecule is Cc1nn(-c2ccccc2)c2oc(=O)c(NC(=O)c3ccc(Cl)cc3)cc12. The molecule has 4 aromatic rings. The molecule has 7 heteroatoms. The number of halogens is 1. The van der Waals surface area contributed by atoms with E-state index in [-0.39, 0.29) is 5.69 Å². The molecule has 0 saturated carbocycles. The minimum Gasteiger partial charge on any atom is -0.402 e. The number of rotatable bonds is 3. The average Bonchev–Trinajstić information content (AvgIpc) is 2.99. The van der Waals surface area contributed by atoms with Crippen LogP contribution in [0.4, 0.5) is 5.69 Å². The zero-order valence-electron chi connectivity index (χ0n) is 14.3. The molecule has 0 aliphatic heterocycles. The van der Waals surface area contributed by atoms with Crippen LogP contribution in [-0.2, 0) is 0 Å². The number of benzene rings is 2. The first-order valence-corrected chi connectivity index (χ1v) is 8.56. The molecule has 1 N–H and O–H groups in total. The van der Waals surface area contributed by atoms with Crippen LogP contribution in [0, 0.1) is 6.92 Å². The van der Waals surface area contributed by atoms with Crippen LogP contribution >= 0.6 is 11.6 Å². The lowest BCUT2D eigenvalue weighted by Gasteiger charge is -2.05. The lowest BCUT2D eigenvalue weighted by molar-refractivity contribution is 0.102. The zero-order chi connectivity index (χ0) is 19.0. The first-order valence-electron chi connectivity index (χ1n) is 8.19. The fraction of sp³-hybridized carbons (Fsp3) is 0.0500. The normalized spacial score (nSPS) is 10.9. The highest BCUT2D eigenvalue weighted by atomic mass is 35.5. The van der Waals surface area contributed by atoms with Crippen molar-refractivity contribution in [3.63, 3.8) is 0 Å². The molecule has 2 heterocycles. The quantitative estimate of drug-likeness (QED) is 0.579. The summed E-state index contributed by atoms with van der Waals surface area (Å²) < 4.78 is 7.03. The number of anilines is 1. The lowest BCUT2D eigenvalue weighted by atomic mass is 10.2. The fourth-order valence-electron chi connectivity index (χ4n) is 2.76. The second kappa shape index (κ2) is 6.74. The van der Waals surface area contributed by atoms with Gasteiger partial charge in [0.05, 0.1) is 16.8 Å². The van der Waals surface area contributed by atoms with Gasteiger partial charge in [-0.1, -0.05) is 29.8 Å². The van der Waals surface area contributed by atoms with Crippen LogP contribution in [0.15, 0.2) is 69.9 Å². The van der Waals surface area contributed by atoms with Crippen molar-refractivity contribution in [1.29, 1.82) is 0 Å². The molecule has 27 heavy (non-hydrogen) atoms. The number of carbonyl (C=O) groups is 1. The molecule has 0 aliphatic carbocycles. The first kappa shape index (κ1) is 17.1. The van der Waals surface area contributed by atoms with Gasteiger partial charge < -0.3 is 9.73 Å². The van der Waals surface area contributed by atoms with Crippen molar-refractivity contribution in [3.05, 3.63) is 87.4 Å². The van der Waals surface area contributed by atoms with Gasteiger partial charge in [-0.25, -0.2) is 4.79 Å². The van der Waals surface area contributed by atoms with Gasteiger partial charge in [-0.2, -0.15) is 9.78 Å². The van der Waals surface area contributed by atoms with Crippen molar-refractivity contribution in [2.75, 3.05) is 5.32 Å². The molecule has 1 amide bonds. The van der Waals surface area contributed by atoms with E-state index in [2.05, 4.69) is 10.4 Å². The molecule has 2 aromatic carbocycles. The molecule has 0 atom stereocenters. The summed E-state index contributed by atoms with van der Waals surface area (Å²) in [5.41, 5.74) is 1.57. The minimum atomic E-state index is -0.651. The molecule has 0 unspecified atom stereocenters. The predicted octanol–water partition coefficient (Wildman–Crippen LogP) is 4.19. The Kier molecular flexibility index (Phi) is 4.25. The Balaban J connectivity index is 1.74. The Morgan fingerprint density at radius 3 is 2.52 bits per heavy atom. The van der Waals surface area contributed by atoms with Crippen LogP contribution in [0.25, 0.3) is 16.8 Å². The van der Waals surface area contributed by atoms with Crippen LogP contribution in [-0.4, -0.2) is 15.7 Å². The lowest BCUT2D eigenvalue weighted by Crippen LogP contribution is -2.17. The largest absolute Gasteiger partial charge is 0.402 e. The van der Waals surface area contributed by atoms with Crippen molar-refractivity contribution < 1.29 is 9.21 Å². The summed E-state index contributed by atoms with van der Waals surface area (Å²) in [7, 11) is 0. The zero-order valence-corrected chi connectivity index (χ0v) is 15.0. The number of aromatic nitrogens is 2. The topological polar surface area (TPSA) is 77.1 Å². The number of carbonyl (C=O) groups excluding carboxylic acids is 1. The number of fused-ring (bicyclic) bond motifs is 1. The van der Waals surface area contributed by atoms with Crippen molar-refractivity contribution in [2.45, 2.75) is 6.92 Å². The van der Waals surface area contributed by atoms with Gasteiger partial charge in [0.25, 0.3) is 5.91 Å². The Bertz CT molecular complexity index is 1200. The molecule has 134 valence electrons. The Hall–Kier alpha value is -3.38. The van der Waals surface area contributed by atoms with Crippen LogP contribution in [0.3, 0.4) is 0 Å². The van der Waals surface area contributed by atoms with E-state index in [0.717, 1.165) is 5.69 Å². The van der Waals surface area contributed by atoms with Crippen LogP contribution in [0.1, 0.15) is 16.1 Å². The number of hydrogen-bond acceptors (Lipinski definition) is 4. The number of hydrogen-bond donors (Lipinski definition) is 1. The fourth-order valence-corrected chi connectivity index (χ4v) is 2.88. The van der Waals surface area contributed by atoms with E-state index < -0.39 is 11.5 Å². The van der Waals surface area contributed by atoms with E-state index in [0.29, 0.717) is 27.4 Å². The molecule has 4 rings (SSSR count). The van der Waals surface area contributed by atoms with Crippen LogP contribution in [0.2, 0.25) is 5.02 Å². The summed E-state index contributed by atoms with van der Waals surface area (Å²) >= 11 is 5.83.